The van der Waals surface area contributed by atoms with E-state index in [1.54, 1.807) is 0 Å². The summed E-state index contributed by atoms with van der Waals surface area (Å²) in [5.41, 5.74) is 0. The molecule has 0 saturated carbocycles. The zero-order chi connectivity index (χ0) is 15.9. The highest BCUT2D eigenvalue weighted by atomic mass is 16.4. The third-order valence-corrected chi connectivity index (χ3v) is 3.54. The molecule has 0 aromatic rings. The van der Waals surface area contributed by atoms with E-state index in [4.69, 9.17) is 10.2 Å². The molecule has 0 aliphatic carbocycles. The maximum Gasteiger partial charge on any atom is 0.353 e. The van der Waals surface area contributed by atoms with Crippen molar-refractivity contribution in [2.24, 2.45) is 0 Å². The molecule has 1 amide bonds. The Bertz CT molecular complexity index is 281. The number of hydrogen-bond donors (Lipinski definition) is 3. The summed E-state index contributed by atoms with van der Waals surface area (Å²) in [5.74, 6) is -1.83. The lowest BCUT2D eigenvalue weighted by Gasteiger charge is -2.08. The van der Waals surface area contributed by atoms with Crippen molar-refractivity contribution in [1.29, 1.82) is 0 Å². The lowest BCUT2D eigenvalue weighted by molar-refractivity contribution is -0.151. The first-order valence-corrected chi connectivity index (χ1v) is 8.28. The number of rotatable bonds is 14. The van der Waals surface area contributed by atoms with Crippen LogP contribution in [0.2, 0.25) is 0 Å². The quantitative estimate of drug-likeness (QED) is 0.339. The topological polar surface area (TPSA) is 86.6 Å². The Labute approximate surface area is 128 Å². The van der Waals surface area contributed by atoms with Gasteiger partial charge in [-0.1, -0.05) is 71.1 Å². The van der Waals surface area contributed by atoms with Crippen LogP contribution in [0, 0.1) is 0 Å². The Morgan fingerprint density at radius 2 is 1.29 bits per heavy atom. The monoisotopic (exact) mass is 301 g/mol. The number of amides is 1. The molecule has 21 heavy (non-hydrogen) atoms. The van der Waals surface area contributed by atoms with E-state index in [0.717, 1.165) is 19.3 Å². The molecule has 0 aliphatic rings. The van der Waals surface area contributed by atoms with Crippen LogP contribution < -0.4 is 5.32 Å². The lowest BCUT2D eigenvalue weighted by Crippen LogP contribution is -2.40. The van der Waals surface area contributed by atoms with E-state index in [9.17, 15) is 9.59 Å². The third-order valence-electron chi connectivity index (χ3n) is 3.54. The van der Waals surface area contributed by atoms with Crippen molar-refractivity contribution in [3.8, 4) is 0 Å². The van der Waals surface area contributed by atoms with Gasteiger partial charge in [0, 0.05) is 6.42 Å². The van der Waals surface area contributed by atoms with E-state index in [0.29, 0.717) is 0 Å². The number of aliphatic hydroxyl groups excluding tert-OH is 1. The molecule has 0 aromatic carbocycles. The van der Waals surface area contributed by atoms with Crippen molar-refractivity contribution in [3.63, 3.8) is 0 Å². The standard InChI is InChI=1S/C16H31NO4/c1-2-3-4-5-6-7-8-9-10-11-12-13-14(18)17-15(19)16(20)21/h15,19H,2-13H2,1H3,(H,17,18)(H,20,21)/t15-/m0/s1. The summed E-state index contributed by atoms with van der Waals surface area (Å²) in [5, 5.41) is 19.4. The first-order valence-electron chi connectivity index (χ1n) is 8.28. The van der Waals surface area contributed by atoms with Gasteiger partial charge in [-0.25, -0.2) is 4.79 Å². The van der Waals surface area contributed by atoms with Crippen LogP contribution in [0.1, 0.15) is 84.0 Å². The van der Waals surface area contributed by atoms with Gasteiger partial charge in [-0.3, -0.25) is 4.79 Å². The third kappa shape index (κ3) is 13.6. The average Bonchev–Trinajstić information content (AvgIpc) is 2.44. The lowest BCUT2D eigenvalue weighted by atomic mass is 10.1. The number of carboxylic acids is 1. The number of carbonyl (C=O) groups is 2. The van der Waals surface area contributed by atoms with Crippen molar-refractivity contribution in [3.05, 3.63) is 0 Å². The molecule has 0 radical (unpaired) electrons. The van der Waals surface area contributed by atoms with Gasteiger partial charge in [0.15, 0.2) is 0 Å². The van der Waals surface area contributed by atoms with Gasteiger partial charge < -0.3 is 15.5 Å². The molecule has 0 heterocycles. The predicted octanol–water partition coefficient (Wildman–Crippen LogP) is 3.21. The van der Waals surface area contributed by atoms with Crippen LogP contribution in [0.3, 0.4) is 0 Å². The fourth-order valence-corrected chi connectivity index (χ4v) is 2.24. The summed E-state index contributed by atoms with van der Waals surface area (Å²) >= 11 is 0. The summed E-state index contributed by atoms with van der Waals surface area (Å²) in [6.45, 7) is 2.22. The Morgan fingerprint density at radius 1 is 0.857 bits per heavy atom. The molecule has 5 heteroatoms. The molecule has 0 fully saturated rings. The van der Waals surface area contributed by atoms with Crippen molar-refractivity contribution >= 4 is 11.9 Å². The minimum atomic E-state index is -1.79. The zero-order valence-corrected chi connectivity index (χ0v) is 13.3. The Morgan fingerprint density at radius 3 is 1.71 bits per heavy atom. The maximum atomic E-state index is 11.3. The number of carboxylic acid groups (broad SMARTS) is 1. The van der Waals surface area contributed by atoms with Crippen molar-refractivity contribution in [1.82, 2.24) is 5.32 Å². The first kappa shape index (κ1) is 19.9. The molecule has 0 aliphatic heterocycles. The van der Waals surface area contributed by atoms with Gasteiger partial charge in [0.05, 0.1) is 0 Å². The first-order chi connectivity index (χ1) is 10.1. The van der Waals surface area contributed by atoms with Crippen molar-refractivity contribution in [2.75, 3.05) is 0 Å². The zero-order valence-electron chi connectivity index (χ0n) is 13.3. The fraction of sp³-hybridized carbons (Fsp3) is 0.875. The Kier molecular flexibility index (Phi) is 13.1. The van der Waals surface area contributed by atoms with Crippen LogP contribution in [0.4, 0.5) is 0 Å². The fourth-order valence-electron chi connectivity index (χ4n) is 2.24. The molecule has 0 rings (SSSR count). The Balaban J connectivity index is 3.25. The highest BCUT2D eigenvalue weighted by molar-refractivity contribution is 5.82. The van der Waals surface area contributed by atoms with Crippen LogP contribution in [-0.4, -0.2) is 28.3 Å². The van der Waals surface area contributed by atoms with Gasteiger partial charge in [0.2, 0.25) is 12.1 Å². The van der Waals surface area contributed by atoms with Gasteiger partial charge in [-0.15, -0.1) is 0 Å². The largest absolute Gasteiger partial charge is 0.478 e. The summed E-state index contributed by atoms with van der Waals surface area (Å²) in [7, 11) is 0. The summed E-state index contributed by atoms with van der Waals surface area (Å²) in [6.07, 6.45) is 11.8. The van der Waals surface area contributed by atoms with Gasteiger partial charge >= 0.3 is 5.97 Å². The van der Waals surface area contributed by atoms with Gasteiger partial charge in [0.1, 0.15) is 0 Å². The highest BCUT2D eigenvalue weighted by Crippen LogP contribution is 2.11. The summed E-state index contributed by atoms with van der Waals surface area (Å²) in [6, 6.07) is 0. The smallest absolute Gasteiger partial charge is 0.353 e. The second-order valence-electron chi connectivity index (χ2n) is 5.59. The van der Waals surface area contributed by atoms with Gasteiger partial charge in [-0.05, 0) is 6.42 Å². The van der Waals surface area contributed by atoms with E-state index >= 15 is 0 Å². The molecule has 0 saturated heterocycles. The number of unbranched alkanes of at least 4 members (excludes halogenated alkanes) is 10. The second kappa shape index (κ2) is 13.9. The van der Waals surface area contributed by atoms with Gasteiger partial charge in [0.25, 0.3) is 0 Å². The molecule has 0 spiro atoms. The molecular formula is C16H31NO4. The number of nitrogens with one attached hydrogen (secondary N) is 1. The van der Waals surface area contributed by atoms with Crippen LogP contribution in [-0.2, 0) is 9.59 Å². The summed E-state index contributed by atoms with van der Waals surface area (Å²) < 4.78 is 0. The summed E-state index contributed by atoms with van der Waals surface area (Å²) in [4.78, 5) is 21.6. The highest BCUT2D eigenvalue weighted by Gasteiger charge is 2.15. The number of carbonyl (C=O) groups excluding carboxylic acids is 1. The minimum absolute atomic E-state index is 0.279. The van der Waals surface area contributed by atoms with E-state index < -0.39 is 18.1 Å². The number of hydrogen-bond acceptors (Lipinski definition) is 3. The maximum absolute atomic E-state index is 11.3. The van der Waals surface area contributed by atoms with E-state index in [1.807, 2.05) is 5.32 Å². The molecule has 0 bridgehead atoms. The second-order valence-corrected chi connectivity index (χ2v) is 5.59. The molecule has 124 valence electrons. The van der Waals surface area contributed by atoms with E-state index in [2.05, 4.69) is 6.92 Å². The average molecular weight is 301 g/mol. The van der Waals surface area contributed by atoms with Crippen molar-refractivity contribution < 1.29 is 19.8 Å². The molecular weight excluding hydrogens is 270 g/mol. The van der Waals surface area contributed by atoms with Crippen molar-refractivity contribution in [2.45, 2.75) is 90.2 Å². The van der Waals surface area contributed by atoms with Gasteiger partial charge in [-0.2, -0.15) is 0 Å². The van der Waals surface area contributed by atoms with Crippen LogP contribution in [0.5, 0.6) is 0 Å². The number of aliphatic hydroxyl groups is 1. The molecule has 5 nitrogen and oxygen atoms in total. The Hall–Kier alpha value is -1.10. The van der Waals surface area contributed by atoms with E-state index in [1.165, 1.54) is 51.4 Å². The molecule has 3 N–H and O–H groups in total. The molecule has 1 atom stereocenters. The SMILES string of the molecule is CCCCCCCCCCCCCC(=O)N[C@@H](O)C(=O)O. The molecule has 0 aromatic heterocycles. The number of aliphatic carboxylic acids is 1. The normalized spacial score (nSPS) is 12.1. The van der Waals surface area contributed by atoms with Crippen LogP contribution >= 0.6 is 0 Å². The molecule has 0 unspecified atom stereocenters. The minimum Gasteiger partial charge on any atom is -0.478 e. The van der Waals surface area contributed by atoms with Crippen LogP contribution in [0.25, 0.3) is 0 Å². The predicted molar refractivity (Wildman–Crippen MR) is 82.9 cm³/mol. The van der Waals surface area contributed by atoms with Crippen LogP contribution in [0.15, 0.2) is 0 Å². The van der Waals surface area contributed by atoms with E-state index in [-0.39, 0.29) is 6.42 Å².